The van der Waals surface area contributed by atoms with Gasteiger partial charge < -0.3 is 9.47 Å². The quantitative estimate of drug-likeness (QED) is 0.749. The van der Waals surface area contributed by atoms with Gasteiger partial charge in [0.05, 0.1) is 19.4 Å². The van der Waals surface area contributed by atoms with E-state index in [0.717, 1.165) is 12.8 Å². The van der Waals surface area contributed by atoms with E-state index in [9.17, 15) is 0 Å². The van der Waals surface area contributed by atoms with Crippen molar-refractivity contribution in [2.24, 2.45) is 0 Å². The summed E-state index contributed by atoms with van der Waals surface area (Å²) in [6.45, 7) is 0. The van der Waals surface area contributed by atoms with Crippen molar-refractivity contribution >= 4 is 11.6 Å². The molecule has 3 nitrogen and oxygen atoms in total. The number of ether oxygens (including phenoxy) is 2. The minimum Gasteiger partial charge on any atom is -0.489 e. The van der Waals surface area contributed by atoms with Crippen LogP contribution in [-0.4, -0.2) is 18.2 Å². The maximum Gasteiger partial charge on any atom is 0.216 e. The molecule has 1 aromatic heterocycles. The van der Waals surface area contributed by atoms with Crippen molar-refractivity contribution in [3.05, 3.63) is 17.3 Å². The summed E-state index contributed by atoms with van der Waals surface area (Å²) in [5.41, 5.74) is 0. The molecule has 0 saturated heterocycles. The summed E-state index contributed by atoms with van der Waals surface area (Å²) in [5, 5.41) is 0.535. The van der Waals surface area contributed by atoms with Crippen LogP contribution in [0.15, 0.2) is 12.3 Å². The smallest absolute Gasteiger partial charge is 0.216 e. The highest BCUT2D eigenvalue weighted by Gasteiger charge is 2.24. The molecule has 0 spiro atoms. The van der Waals surface area contributed by atoms with Gasteiger partial charge in [0.1, 0.15) is 10.8 Å². The topological polar surface area (TPSA) is 31.4 Å². The number of nitrogens with zero attached hydrogens (tertiary/aromatic N) is 1. The van der Waals surface area contributed by atoms with Crippen molar-refractivity contribution in [1.29, 1.82) is 0 Å². The minimum absolute atomic E-state index is 0.338. The summed E-state index contributed by atoms with van der Waals surface area (Å²) >= 11 is 5.88. The van der Waals surface area contributed by atoms with Gasteiger partial charge in [-0.15, -0.1) is 0 Å². The van der Waals surface area contributed by atoms with Gasteiger partial charge in [-0.2, -0.15) is 0 Å². The van der Waals surface area contributed by atoms with E-state index in [2.05, 4.69) is 4.98 Å². The van der Waals surface area contributed by atoms with Crippen molar-refractivity contribution in [3.8, 4) is 11.6 Å². The Kier molecular flexibility index (Phi) is 2.27. The lowest BCUT2D eigenvalue weighted by molar-refractivity contribution is 0.299. The Labute approximate surface area is 81.6 Å². The highest BCUT2D eigenvalue weighted by molar-refractivity contribution is 6.31. The Morgan fingerprint density at radius 1 is 1.54 bits per heavy atom. The third-order valence-electron chi connectivity index (χ3n) is 1.82. The molecule has 70 valence electrons. The van der Waals surface area contributed by atoms with E-state index in [1.807, 2.05) is 0 Å². The van der Waals surface area contributed by atoms with Crippen LogP contribution < -0.4 is 9.47 Å². The predicted molar refractivity (Wildman–Crippen MR) is 49.4 cm³/mol. The molecule has 0 aliphatic heterocycles. The van der Waals surface area contributed by atoms with Crippen molar-refractivity contribution in [1.82, 2.24) is 4.98 Å². The molecule has 4 heteroatoms. The molecule has 0 N–H and O–H groups in total. The normalized spacial score (nSPS) is 15.5. The van der Waals surface area contributed by atoms with Crippen LogP contribution in [0.4, 0.5) is 0 Å². The second-order valence-electron chi connectivity index (χ2n) is 2.97. The second-order valence-corrected chi connectivity index (χ2v) is 3.38. The fourth-order valence-electron chi connectivity index (χ4n) is 0.970. The maximum atomic E-state index is 5.88. The number of halogens is 1. The first-order valence-corrected chi connectivity index (χ1v) is 4.53. The van der Waals surface area contributed by atoms with Crippen LogP contribution in [0.3, 0.4) is 0 Å². The molecule has 1 fully saturated rings. The van der Waals surface area contributed by atoms with Crippen LogP contribution in [0.5, 0.6) is 11.6 Å². The Hall–Kier alpha value is -0.960. The summed E-state index contributed by atoms with van der Waals surface area (Å²) in [6.07, 6.45) is 4.10. The molecule has 0 atom stereocenters. The van der Waals surface area contributed by atoms with Gasteiger partial charge in [-0.1, -0.05) is 11.6 Å². The predicted octanol–water partition coefficient (Wildman–Crippen LogP) is 2.28. The summed E-state index contributed by atoms with van der Waals surface area (Å²) in [4.78, 5) is 3.95. The Balaban J connectivity index is 2.19. The monoisotopic (exact) mass is 199 g/mol. The number of aromatic nitrogens is 1. The molecule has 0 radical (unpaired) electrons. The van der Waals surface area contributed by atoms with E-state index in [1.54, 1.807) is 13.2 Å². The molecule has 0 unspecified atom stereocenters. The lowest BCUT2D eigenvalue weighted by Gasteiger charge is -2.07. The zero-order valence-corrected chi connectivity index (χ0v) is 8.04. The van der Waals surface area contributed by atoms with Crippen molar-refractivity contribution in [2.45, 2.75) is 18.9 Å². The van der Waals surface area contributed by atoms with Gasteiger partial charge >= 0.3 is 0 Å². The van der Waals surface area contributed by atoms with Crippen LogP contribution >= 0.6 is 11.6 Å². The zero-order chi connectivity index (χ0) is 9.26. The summed E-state index contributed by atoms with van der Waals surface area (Å²) in [7, 11) is 1.57. The fraction of sp³-hybridized carbons (Fsp3) is 0.444. The third-order valence-corrected chi connectivity index (χ3v) is 2.11. The number of hydrogen-bond acceptors (Lipinski definition) is 3. The van der Waals surface area contributed by atoms with Crippen molar-refractivity contribution < 1.29 is 9.47 Å². The third kappa shape index (κ3) is 2.04. The largest absolute Gasteiger partial charge is 0.489 e. The van der Waals surface area contributed by atoms with Gasteiger partial charge in [-0.05, 0) is 12.8 Å². The molecule has 0 amide bonds. The average molecular weight is 200 g/mol. The lowest BCUT2D eigenvalue weighted by Crippen LogP contribution is -1.97. The second kappa shape index (κ2) is 3.42. The van der Waals surface area contributed by atoms with Crippen LogP contribution in [0, 0.1) is 0 Å². The van der Waals surface area contributed by atoms with Crippen molar-refractivity contribution in [2.75, 3.05) is 7.11 Å². The van der Waals surface area contributed by atoms with Crippen molar-refractivity contribution in [3.63, 3.8) is 0 Å². The first-order chi connectivity index (χ1) is 6.29. The molecule has 1 aliphatic carbocycles. The highest BCUT2D eigenvalue weighted by atomic mass is 35.5. The Morgan fingerprint density at radius 2 is 2.31 bits per heavy atom. The van der Waals surface area contributed by atoms with Crippen LogP contribution in [0.25, 0.3) is 0 Å². The van der Waals surface area contributed by atoms with Crippen LogP contribution in [0.2, 0.25) is 5.02 Å². The van der Waals surface area contributed by atoms with Crippen LogP contribution in [0.1, 0.15) is 12.8 Å². The lowest BCUT2D eigenvalue weighted by atomic mass is 10.4. The van der Waals surface area contributed by atoms with Crippen LogP contribution in [-0.2, 0) is 0 Å². The number of pyridine rings is 1. The standard InChI is InChI=1S/C9H10ClNO2/c1-12-9-4-8(7(10)5-11-9)13-6-2-3-6/h4-6H,2-3H2,1H3. The highest BCUT2D eigenvalue weighted by Crippen LogP contribution is 2.33. The number of hydrogen-bond donors (Lipinski definition) is 0. The molecule has 13 heavy (non-hydrogen) atoms. The van der Waals surface area contributed by atoms with Gasteiger partial charge in [0.25, 0.3) is 0 Å². The van der Waals surface area contributed by atoms with Gasteiger partial charge in [-0.3, -0.25) is 0 Å². The van der Waals surface area contributed by atoms with Gasteiger partial charge in [-0.25, -0.2) is 4.98 Å². The molecular formula is C9H10ClNO2. The minimum atomic E-state index is 0.338. The van der Waals surface area contributed by atoms with Gasteiger partial charge in [0.15, 0.2) is 0 Å². The summed E-state index contributed by atoms with van der Waals surface area (Å²) < 4.78 is 10.5. The fourth-order valence-corrected chi connectivity index (χ4v) is 1.12. The van der Waals surface area contributed by atoms with E-state index < -0.39 is 0 Å². The van der Waals surface area contributed by atoms with Gasteiger partial charge in [0.2, 0.25) is 5.88 Å². The first-order valence-electron chi connectivity index (χ1n) is 4.16. The van der Waals surface area contributed by atoms with E-state index in [1.165, 1.54) is 6.20 Å². The first kappa shape index (κ1) is 8.63. The molecule has 1 saturated carbocycles. The molecule has 1 aromatic rings. The molecule has 1 heterocycles. The molecule has 1 aliphatic rings. The van der Waals surface area contributed by atoms with E-state index in [-0.39, 0.29) is 0 Å². The molecule has 2 rings (SSSR count). The number of methoxy groups -OCH3 is 1. The maximum absolute atomic E-state index is 5.88. The van der Waals surface area contributed by atoms with E-state index >= 15 is 0 Å². The molecule has 0 bridgehead atoms. The number of rotatable bonds is 3. The molecule has 0 aromatic carbocycles. The summed E-state index contributed by atoms with van der Waals surface area (Å²) in [6, 6.07) is 1.71. The Morgan fingerprint density at radius 3 is 2.92 bits per heavy atom. The van der Waals surface area contributed by atoms with Gasteiger partial charge in [0, 0.05) is 6.07 Å². The SMILES string of the molecule is COc1cc(OC2CC2)c(Cl)cn1. The van der Waals surface area contributed by atoms with E-state index in [4.69, 9.17) is 21.1 Å². The molecular weight excluding hydrogens is 190 g/mol. The zero-order valence-electron chi connectivity index (χ0n) is 7.29. The average Bonchev–Trinajstić information content (AvgIpc) is 2.93. The van der Waals surface area contributed by atoms with E-state index in [0.29, 0.717) is 22.8 Å². The summed E-state index contributed by atoms with van der Waals surface area (Å²) in [5.74, 6) is 1.19. The Bertz CT molecular complexity index is 312.